The average Bonchev–Trinajstić information content (AvgIpc) is 2.31. The number of piperazine rings is 1. The number of aryl methyl sites for hydroxylation is 1. The summed E-state index contributed by atoms with van der Waals surface area (Å²) in [6.07, 6.45) is 0. The minimum Gasteiger partial charge on any atom is -0.335 e. The fourth-order valence-corrected chi connectivity index (χ4v) is 2.47. The van der Waals surface area contributed by atoms with Crippen molar-refractivity contribution < 1.29 is 13.6 Å². The van der Waals surface area contributed by atoms with Crippen LogP contribution in [0.1, 0.15) is 29.8 Å². The van der Waals surface area contributed by atoms with Gasteiger partial charge in [0.15, 0.2) is 0 Å². The molecule has 1 aliphatic heterocycles. The zero-order chi connectivity index (χ0) is 14.2. The van der Waals surface area contributed by atoms with Crippen LogP contribution in [0.5, 0.6) is 0 Å². The molecule has 0 radical (unpaired) electrons. The number of halogens is 2. The predicted octanol–water partition coefficient (Wildman–Crippen LogP) is 2.10. The Bertz CT molecular complexity index is 494. The molecule has 0 aromatic heterocycles. The number of nitrogens with one attached hydrogen (secondary N) is 1. The molecular weight excluding hydrogens is 250 g/mol. The number of rotatable bonds is 1. The van der Waals surface area contributed by atoms with E-state index in [-0.39, 0.29) is 23.2 Å². The highest BCUT2D eigenvalue weighted by atomic mass is 19.1. The molecule has 2 rings (SSSR count). The van der Waals surface area contributed by atoms with Crippen LogP contribution in [0.25, 0.3) is 0 Å². The number of hydrogen-bond donors (Lipinski definition) is 1. The van der Waals surface area contributed by atoms with Gasteiger partial charge in [0.25, 0.3) is 5.91 Å². The van der Waals surface area contributed by atoms with Crippen molar-refractivity contribution in [2.24, 2.45) is 0 Å². The average molecular weight is 268 g/mol. The molecule has 1 amide bonds. The van der Waals surface area contributed by atoms with Gasteiger partial charge in [0.1, 0.15) is 11.6 Å². The molecule has 1 fully saturated rings. The summed E-state index contributed by atoms with van der Waals surface area (Å²) in [5.74, 6) is -1.67. The molecule has 0 saturated carbocycles. The second-order valence-corrected chi connectivity index (χ2v) is 5.26. The van der Waals surface area contributed by atoms with Crippen LogP contribution in [0.3, 0.4) is 0 Å². The lowest BCUT2D eigenvalue weighted by molar-refractivity contribution is 0.0668. The van der Waals surface area contributed by atoms with E-state index >= 15 is 0 Å². The molecule has 5 heteroatoms. The first-order valence-corrected chi connectivity index (χ1v) is 6.39. The van der Waals surface area contributed by atoms with Gasteiger partial charge in [0.05, 0.1) is 5.56 Å². The third-order valence-electron chi connectivity index (χ3n) is 3.32. The first-order chi connectivity index (χ1) is 8.88. The van der Waals surface area contributed by atoms with E-state index in [1.165, 1.54) is 6.92 Å². The molecule has 3 nitrogen and oxygen atoms in total. The van der Waals surface area contributed by atoms with Crippen LogP contribution in [0.4, 0.5) is 8.78 Å². The zero-order valence-electron chi connectivity index (χ0n) is 11.3. The molecule has 0 bridgehead atoms. The van der Waals surface area contributed by atoms with Crippen molar-refractivity contribution in [1.82, 2.24) is 10.2 Å². The van der Waals surface area contributed by atoms with Gasteiger partial charge in [-0.25, -0.2) is 8.78 Å². The summed E-state index contributed by atoms with van der Waals surface area (Å²) >= 11 is 0. The van der Waals surface area contributed by atoms with Gasteiger partial charge in [-0.1, -0.05) is 0 Å². The molecular formula is C14H18F2N2O. The quantitative estimate of drug-likeness (QED) is 0.846. The van der Waals surface area contributed by atoms with E-state index in [1.807, 2.05) is 13.8 Å². The van der Waals surface area contributed by atoms with E-state index in [4.69, 9.17) is 0 Å². The van der Waals surface area contributed by atoms with Crippen LogP contribution < -0.4 is 5.32 Å². The lowest BCUT2D eigenvalue weighted by Crippen LogP contribution is -2.55. The lowest BCUT2D eigenvalue weighted by Gasteiger charge is -2.36. The highest BCUT2D eigenvalue weighted by Gasteiger charge is 2.27. The third kappa shape index (κ3) is 2.92. The number of hydrogen-bond acceptors (Lipinski definition) is 2. The van der Waals surface area contributed by atoms with Gasteiger partial charge in [0.2, 0.25) is 0 Å². The van der Waals surface area contributed by atoms with Crippen LogP contribution >= 0.6 is 0 Å². The first kappa shape index (κ1) is 13.9. The molecule has 1 aromatic rings. The fourth-order valence-electron chi connectivity index (χ4n) is 2.47. The largest absolute Gasteiger partial charge is 0.335 e. The number of nitrogens with zero attached hydrogens (tertiary/aromatic N) is 1. The van der Waals surface area contributed by atoms with E-state index in [0.29, 0.717) is 13.1 Å². The molecule has 0 spiro atoms. The summed E-state index contributed by atoms with van der Waals surface area (Å²) in [5, 5.41) is 3.29. The van der Waals surface area contributed by atoms with Gasteiger partial charge in [0, 0.05) is 25.2 Å². The van der Waals surface area contributed by atoms with Crippen molar-refractivity contribution in [1.29, 1.82) is 0 Å². The summed E-state index contributed by atoms with van der Waals surface area (Å²) in [6.45, 7) is 6.39. The highest BCUT2D eigenvalue weighted by molar-refractivity contribution is 5.94. The van der Waals surface area contributed by atoms with Crippen molar-refractivity contribution in [2.75, 3.05) is 13.1 Å². The second-order valence-electron chi connectivity index (χ2n) is 5.26. The van der Waals surface area contributed by atoms with Crippen LogP contribution in [0.15, 0.2) is 12.1 Å². The number of carbonyl (C=O) groups excluding carboxylic acids is 1. The SMILES string of the molecule is Cc1cc(F)c(C(=O)N2C[C@@H](C)N[C@@H](C)C2)cc1F. The molecule has 0 unspecified atom stereocenters. The molecule has 1 aliphatic rings. The smallest absolute Gasteiger partial charge is 0.257 e. The molecule has 2 atom stereocenters. The van der Waals surface area contributed by atoms with Gasteiger partial charge in [-0.15, -0.1) is 0 Å². The zero-order valence-corrected chi connectivity index (χ0v) is 11.3. The summed E-state index contributed by atoms with van der Waals surface area (Å²) in [6, 6.07) is 2.35. The van der Waals surface area contributed by atoms with E-state index in [2.05, 4.69) is 5.32 Å². The van der Waals surface area contributed by atoms with Crippen molar-refractivity contribution in [3.05, 3.63) is 34.9 Å². The Morgan fingerprint density at radius 3 is 2.37 bits per heavy atom. The van der Waals surface area contributed by atoms with Crippen LogP contribution in [-0.4, -0.2) is 36.0 Å². The van der Waals surface area contributed by atoms with Gasteiger partial charge in [-0.3, -0.25) is 4.79 Å². The second kappa shape index (κ2) is 5.25. The normalized spacial score (nSPS) is 23.5. The van der Waals surface area contributed by atoms with E-state index in [1.54, 1.807) is 4.90 Å². The first-order valence-electron chi connectivity index (χ1n) is 6.39. The van der Waals surface area contributed by atoms with Crippen molar-refractivity contribution in [3.63, 3.8) is 0 Å². The van der Waals surface area contributed by atoms with Gasteiger partial charge < -0.3 is 10.2 Å². The van der Waals surface area contributed by atoms with Crippen molar-refractivity contribution in [3.8, 4) is 0 Å². The molecule has 19 heavy (non-hydrogen) atoms. The van der Waals surface area contributed by atoms with Crippen molar-refractivity contribution in [2.45, 2.75) is 32.9 Å². The van der Waals surface area contributed by atoms with Gasteiger partial charge >= 0.3 is 0 Å². The maximum Gasteiger partial charge on any atom is 0.257 e. The molecule has 104 valence electrons. The van der Waals surface area contributed by atoms with Crippen LogP contribution in [0.2, 0.25) is 0 Å². The monoisotopic (exact) mass is 268 g/mol. The molecule has 1 N–H and O–H groups in total. The molecule has 0 aliphatic carbocycles. The molecule has 1 aromatic carbocycles. The Balaban J connectivity index is 2.26. The maximum absolute atomic E-state index is 13.8. The Hall–Kier alpha value is -1.49. The Morgan fingerprint density at radius 2 is 1.79 bits per heavy atom. The Morgan fingerprint density at radius 1 is 1.21 bits per heavy atom. The minimum atomic E-state index is -0.664. The molecule has 1 saturated heterocycles. The summed E-state index contributed by atoms with van der Waals surface area (Å²) in [4.78, 5) is 13.8. The predicted molar refractivity (Wildman–Crippen MR) is 69.1 cm³/mol. The van der Waals surface area contributed by atoms with Crippen LogP contribution in [-0.2, 0) is 0 Å². The topological polar surface area (TPSA) is 32.3 Å². The summed E-state index contributed by atoms with van der Waals surface area (Å²) < 4.78 is 27.3. The number of benzene rings is 1. The summed E-state index contributed by atoms with van der Waals surface area (Å²) in [7, 11) is 0. The number of amides is 1. The van der Waals surface area contributed by atoms with E-state index < -0.39 is 17.5 Å². The Kier molecular flexibility index (Phi) is 3.85. The highest BCUT2D eigenvalue weighted by Crippen LogP contribution is 2.17. The maximum atomic E-state index is 13.8. The standard InChI is InChI=1S/C14H18F2N2O/c1-8-4-13(16)11(5-12(8)15)14(19)18-6-9(2)17-10(3)7-18/h4-5,9-10,17H,6-7H2,1-3H3/t9-,10+. The van der Waals surface area contributed by atoms with Gasteiger partial charge in [-0.05, 0) is 38.5 Å². The number of carbonyl (C=O) groups is 1. The summed E-state index contributed by atoms with van der Waals surface area (Å²) in [5.41, 5.74) is 0.0143. The molecule has 1 heterocycles. The van der Waals surface area contributed by atoms with Gasteiger partial charge in [-0.2, -0.15) is 0 Å². The fraction of sp³-hybridized carbons (Fsp3) is 0.500. The van der Waals surface area contributed by atoms with Crippen LogP contribution in [0, 0.1) is 18.6 Å². The minimum absolute atomic E-state index is 0.144. The third-order valence-corrected chi connectivity index (χ3v) is 3.32. The lowest BCUT2D eigenvalue weighted by atomic mass is 10.1. The van der Waals surface area contributed by atoms with E-state index in [0.717, 1.165) is 12.1 Å². The Labute approximate surface area is 111 Å². The van der Waals surface area contributed by atoms with Crippen molar-refractivity contribution >= 4 is 5.91 Å². The van der Waals surface area contributed by atoms with E-state index in [9.17, 15) is 13.6 Å².